The van der Waals surface area contributed by atoms with Crippen LogP contribution in [0, 0.1) is 0 Å². The molecule has 0 aliphatic carbocycles. The average molecular weight is 562 g/mol. The van der Waals surface area contributed by atoms with E-state index >= 15 is 0 Å². The Balaban J connectivity index is 1.55. The summed E-state index contributed by atoms with van der Waals surface area (Å²) in [6, 6.07) is 19.3. The van der Waals surface area contributed by atoms with Gasteiger partial charge in [0.2, 0.25) is 0 Å². The Morgan fingerprint density at radius 2 is 1.54 bits per heavy atom. The molecule has 0 heterocycles. The van der Waals surface area contributed by atoms with E-state index in [-0.39, 0.29) is 22.0 Å². The highest BCUT2D eigenvalue weighted by Crippen LogP contribution is 2.19. The number of sulfone groups is 1. The van der Waals surface area contributed by atoms with Gasteiger partial charge in [0, 0.05) is 10.0 Å². The number of hydrogen-bond acceptors (Lipinski definition) is 6. The van der Waals surface area contributed by atoms with E-state index in [4.69, 9.17) is 9.47 Å². The van der Waals surface area contributed by atoms with Crippen LogP contribution in [0.4, 0.5) is 0 Å². The minimum Gasteiger partial charge on any atom is -0.497 e. The Morgan fingerprint density at radius 1 is 0.943 bits per heavy atom. The van der Waals surface area contributed by atoms with Gasteiger partial charge in [0.25, 0.3) is 12.1 Å². The van der Waals surface area contributed by atoms with Gasteiger partial charge < -0.3 is 19.9 Å². The monoisotopic (exact) mass is 561 g/mol. The van der Waals surface area contributed by atoms with Crippen LogP contribution in [0.3, 0.4) is 0 Å². The van der Waals surface area contributed by atoms with Crippen molar-refractivity contribution >= 4 is 37.6 Å². The number of hydrogen-bond donors (Lipinski definition) is 2. The number of carboxylic acid groups (broad SMARTS) is 1. The number of aryl methyl sites for hydroxylation is 1. The van der Waals surface area contributed by atoms with E-state index in [0.717, 1.165) is 10.0 Å². The van der Waals surface area contributed by atoms with E-state index in [1.54, 1.807) is 60.7 Å². The first-order valence-electron chi connectivity index (χ1n) is 10.6. The molecule has 0 aliphatic heterocycles. The van der Waals surface area contributed by atoms with Crippen molar-refractivity contribution in [2.75, 3.05) is 12.9 Å². The molecule has 0 aromatic heterocycles. The molecular weight excluding hydrogens is 538 g/mol. The van der Waals surface area contributed by atoms with Crippen LogP contribution in [0.1, 0.15) is 22.3 Å². The largest absolute Gasteiger partial charge is 0.497 e. The predicted octanol–water partition coefficient (Wildman–Crippen LogP) is 4.08. The van der Waals surface area contributed by atoms with Gasteiger partial charge in [-0.1, -0.05) is 28.1 Å². The molecular formula is C25H24BrNO7S. The van der Waals surface area contributed by atoms with Gasteiger partial charge in [-0.3, -0.25) is 4.79 Å². The highest BCUT2D eigenvalue weighted by Gasteiger charge is 2.23. The second kappa shape index (κ2) is 11.9. The Bertz CT molecular complexity index is 1260. The number of nitrogens with one attached hydrogen (secondary N) is 1. The van der Waals surface area contributed by atoms with Crippen LogP contribution >= 0.6 is 15.9 Å². The molecule has 1 amide bonds. The van der Waals surface area contributed by atoms with E-state index in [2.05, 4.69) is 21.2 Å². The SMILES string of the molecule is COc1ccc(C(=O)NC(Oc2ccc(CCCS(=O)(=O)c3ccc(Br)cc3)cc2)C(=O)O)cc1. The van der Waals surface area contributed by atoms with Crippen molar-refractivity contribution in [1.29, 1.82) is 0 Å². The van der Waals surface area contributed by atoms with E-state index in [0.29, 0.717) is 18.6 Å². The number of carbonyl (C=O) groups excluding carboxylic acids is 1. The fourth-order valence-electron chi connectivity index (χ4n) is 3.18. The molecule has 10 heteroatoms. The number of rotatable bonds is 11. The van der Waals surface area contributed by atoms with Gasteiger partial charge in [-0.15, -0.1) is 0 Å². The summed E-state index contributed by atoms with van der Waals surface area (Å²) in [6.07, 6.45) is -0.646. The quantitative estimate of drug-likeness (QED) is 0.338. The summed E-state index contributed by atoms with van der Waals surface area (Å²) in [6.45, 7) is 0. The third-order valence-electron chi connectivity index (χ3n) is 5.07. The summed E-state index contributed by atoms with van der Waals surface area (Å²) in [7, 11) is -1.88. The van der Waals surface area contributed by atoms with Crippen molar-refractivity contribution in [3.63, 3.8) is 0 Å². The summed E-state index contributed by atoms with van der Waals surface area (Å²) < 4.78 is 36.2. The van der Waals surface area contributed by atoms with Gasteiger partial charge in [0.05, 0.1) is 17.8 Å². The molecule has 0 bridgehead atoms. The molecule has 3 aromatic rings. The van der Waals surface area contributed by atoms with Crippen LogP contribution in [0.2, 0.25) is 0 Å². The van der Waals surface area contributed by atoms with E-state index in [1.165, 1.54) is 19.2 Å². The number of amides is 1. The molecule has 0 fully saturated rings. The molecule has 2 N–H and O–H groups in total. The highest BCUT2D eigenvalue weighted by molar-refractivity contribution is 9.10. The zero-order valence-electron chi connectivity index (χ0n) is 18.8. The Labute approximate surface area is 211 Å². The summed E-state index contributed by atoms with van der Waals surface area (Å²) in [5.41, 5.74) is 1.13. The molecule has 1 unspecified atom stereocenters. The fourth-order valence-corrected chi connectivity index (χ4v) is 4.76. The number of carboxylic acids is 1. The zero-order valence-corrected chi connectivity index (χ0v) is 21.2. The minimum absolute atomic E-state index is 0.00532. The average Bonchev–Trinajstić information content (AvgIpc) is 2.84. The van der Waals surface area contributed by atoms with Crippen molar-refractivity contribution in [2.24, 2.45) is 0 Å². The third kappa shape index (κ3) is 7.56. The van der Waals surface area contributed by atoms with Crippen LogP contribution in [0.5, 0.6) is 11.5 Å². The minimum atomic E-state index is -3.38. The number of methoxy groups -OCH3 is 1. The molecule has 8 nitrogen and oxygen atoms in total. The second-order valence-corrected chi connectivity index (χ2v) is 10.6. The Morgan fingerprint density at radius 3 is 2.11 bits per heavy atom. The van der Waals surface area contributed by atoms with Crippen molar-refractivity contribution < 1.29 is 32.6 Å². The molecule has 3 aromatic carbocycles. The lowest BCUT2D eigenvalue weighted by Gasteiger charge is -2.17. The van der Waals surface area contributed by atoms with E-state index < -0.39 is 27.9 Å². The fraction of sp³-hybridized carbons (Fsp3) is 0.200. The second-order valence-electron chi connectivity index (χ2n) is 7.56. The zero-order chi connectivity index (χ0) is 25.4. The lowest BCUT2D eigenvalue weighted by atomic mass is 10.1. The first-order chi connectivity index (χ1) is 16.7. The third-order valence-corrected chi connectivity index (χ3v) is 7.41. The van der Waals surface area contributed by atoms with E-state index in [9.17, 15) is 23.1 Å². The Kier molecular flexibility index (Phi) is 8.89. The maximum absolute atomic E-state index is 12.5. The van der Waals surface area contributed by atoms with Crippen molar-refractivity contribution in [3.05, 3.63) is 88.4 Å². The van der Waals surface area contributed by atoms with Gasteiger partial charge in [-0.25, -0.2) is 13.2 Å². The van der Waals surface area contributed by atoms with Crippen LogP contribution < -0.4 is 14.8 Å². The number of aliphatic carboxylic acids is 1. The van der Waals surface area contributed by atoms with Gasteiger partial charge in [0.15, 0.2) is 9.84 Å². The molecule has 0 spiro atoms. The number of carbonyl (C=O) groups is 2. The molecule has 184 valence electrons. The first-order valence-corrected chi connectivity index (χ1v) is 13.0. The van der Waals surface area contributed by atoms with Gasteiger partial charge in [-0.2, -0.15) is 0 Å². The van der Waals surface area contributed by atoms with Crippen LogP contribution in [0.25, 0.3) is 0 Å². The van der Waals surface area contributed by atoms with Crippen molar-refractivity contribution in [1.82, 2.24) is 5.32 Å². The summed E-state index contributed by atoms with van der Waals surface area (Å²) >= 11 is 3.29. The van der Waals surface area contributed by atoms with Gasteiger partial charge >= 0.3 is 5.97 Å². The molecule has 0 saturated heterocycles. The topological polar surface area (TPSA) is 119 Å². The molecule has 35 heavy (non-hydrogen) atoms. The summed E-state index contributed by atoms with van der Waals surface area (Å²) in [4.78, 5) is 24.2. The van der Waals surface area contributed by atoms with Crippen LogP contribution in [-0.2, 0) is 21.1 Å². The summed E-state index contributed by atoms with van der Waals surface area (Å²) in [5.74, 6) is -1.14. The smallest absolute Gasteiger partial charge is 0.366 e. The van der Waals surface area contributed by atoms with Crippen LogP contribution in [-0.4, -0.2) is 44.5 Å². The Hall–Kier alpha value is -3.37. The van der Waals surface area contributed by atoms with E-state index in [1.807, 2.05) is 0 Å². The normalized spacial score (nSPS) is 11.9. The predicted molar refractivity (Wildman–Crippen MR) is 133 cm³/mol. The first kappa shape index (κ1) is 26.2. The maximum atomic E-state index is 12.5. The molecule has 0 saturated carbocycles. The van der Waals surface area contributed by atoms with Crippen molar-refractivity contribution in [2.45, 2.75) is 24.0 Å². The molecule has 3 rings (SSSR count). The highest BCUT2D eigenvalue weighted by atomic mass is 79.9. The lowest BCUT2D eigenvalue weighted by molar-refractivity contribution is -0.146. The molecule has 0 aliphatic rings. The summed E-state index contributed by atoms with van der Waals surface area (Å²) in [5, 5.41) is 11.8. The van der Waals surface area contributed by atoms with Gasteiger partial charge in [0.1, 0.15) is 11.5 Å². The standard InChI is InChI=1S/C25H24BrNO7S/c1-33-20-12-6-18(7-13-20)23(28)27-24(25(29)30)34-21-10-4-17(5-11-21)3-2-16-35(31,32)22-14-8-19(26)9-15-22/h4-15,24H,2-3,16H2,1H3,(H,27,28)(H,29,30). The van der Waals surface area contributed by atoms with Crippen molar-refractivity contribution in [3.8, 4) is 11.5 Å². The maximum Gasteiger partial charge on any atom is 0.366 e. The van der Waals surface area contributed by atoms with Gasteiger partial charge in [-0.05, 0) is 79.1 Å². The number of ether oxygens (including phenoxy) is 2. The molecule has 0 radical (unpaired) electrons. The van der Waals surface area contributed by atoms with Crippen LogP contribution in [0.15, 0.2) is 82.2 Å². The lowest BCUT2D eigenvalue weighted by Crippen LogP contribution is -2.44. The molecule has 1 atom stereocenters. The number of benzene rings is 3. The number of halogens is 1.